The second-order valence-electron chi connectivity index (χ2n) is 4.37. The monoisotopic (exact) mass is 297 g/mol. The molecule has 3 rings (SSSR count). The fraction of sp³-hybridized carbons (Fsp3) is 0. The van der Waals surface area contributed by atoms with E-state index in [2.05, 4.69) is 22.1 Å². The Balaban J connectivity index is 1.83. The van der Waals surface area contributed by atoms with Crippen LogP contribution in [-0.2, 0) is 0 Å². The molecule has 0 fully saturated rings. The van der Waals surface area contributed by atoms with E-state index in [1.165, 1.54) is 6.20 Å². The van der Waals surface area contributed by atoms with Crippen LogP contribution < -0.4 is 10.5 Å². The number of halogens is 1. The maximum atomic E-state index is 5.97. The third kappa shape index (κ3) is 3.12. The summed E-state index contributed by atoms with van der Waals surface area (Å²) in [6.45, 7) is 0. The Morgan fingerprint density at radius 3 is 2.29 bits per heavy atom. The van der Waals surface area contributed by atoms with Gasteiger partial charge in [0.15, 0.2) is 0 Å². The minimum absolute atomic E-state index is 0.121. The highest BCUT2D eigenvalue weighted by Gasteiger charge is 2.07. The van der Waals surface area contributed by atoms with E-state index in [4.69, 9.17) is 22.1 Å². The Hall–Kier alpha value is -2.59. The van der Waals surface area contributed by atoms with Crippen molar-refractivity contribution < 1.29 is 4.74 Å². The summed E-state index contributed by atoms with van der Waals surface area (Å²) < 4.78 is 5.62. The summed E-state index contributed by atoms with van der Waals surface area (Å²) in [5.41, 5.74) is 7.77. The fourth-order valence-corrected chi connectivity index (χ4v) is 2.02. The molecule has 1 aromatic heterocycles. The first-order valence-corrected chi connectivity index (χ1v) is 6.71. The van der Waals surface area contributed by atoms with E-state index in [9.17, 15) is 0 Å². The Kier molecular flexibility index (Phi) is 3.71. The molecule has 0 spiro atoms. The van der Waals surface area contributed by atoms with Crippen molar-refractivity contribution in [1.82, 2.24) is 9.97 Å². The van der Waals surface area contributed by atoms with Gasteiger partial charge in [0.05, 0.1) is 6.20 Å². The highest BCUT2D eigenvalue weighted by atomic mass is 35.5. The van der Waals surface area contributed by atoms with Crippen LogP contribution >= 0.6 is 11.6 Å². The molecule has 5 heteroatoms. The molecule has 1 heterocycles. The molecule has 0 radical (unpaired) electrons. The van der Waals surface area contributed by atoms with E-state index in [0.29, 0.717) is 10.8 Å². The molecule has 3 aromatic rings. The molecule has 2 N–H and O–H groups in total. The van der Waals surface area contributed by atoms with Crippen LogP contribution in [0.4, 0.5) is 5.95 Å². The summed E-state index contributed by atoms with van der Waals surface area (Å²) in [6.07, 6.45) is 1.41. The number of nitrogen functional groups attached to an aromatic ring is 1. The van der Waals surface area contributed by atoms with Crippen molar-refractivity contribution in [3.63, 3.8) is 0 Å². The highest BCUT2D eigenvalue weighted by Crippen LogP contribution is 2.28. The van der Waals surface area contributed by atoms with Gasteiger partial charge in [0, 0.05) is 0 Å². The standard InChI is InChI=1S/C16H12ClN3O/c17-14-10-19-16(18)20-15(14)21-13-8-6-12(7-9-13)11-4-2-1-3-5-11/h1-10H,(H2,18,19,20). The van der Waals surface area contributed by atoms with Gasteiger partial charge in [-0.05, 0) is 23.3 Å². The number of aromatic nitrogens is 2. The molecule has 0 saturated heterocycles. The van der Waals surface area contributed by atoms with Gasteiger partial charge in [0.1, 0.15) is 10.8 Å². The summed E-state index contributed by atoms with van der Waals surface area (Å²) >= 11 is 5.97. The molecule has 0 aliphatic carbocycles. The molecule has 0 unspecified atom stereocenters. The predicted molar refractivity (Wildman–Crippen MR) is 83.4 cm³/mol. The van der Waals surface area contributed by atoms with Crippen LogP contribution in [0.3, 0.4) is 0 Å². The third-order valence-corrected chi connectivity index (χ3v) is 3.17. The van der Waals surface area contributed by atoms with E-state index in [0.717, 1.165) is 11.1 Å². The summed E-state index contributed by atoms with van der Waals surface area (Å²) in [7, 11) is 0. The van der Waals surface area contributed by atoms with E-state index in [1.807, 2.05) is 42.5 Å². The lowest BCUT2D eigenvalue weighted by Crippen LogP contribution is -1.97. The Bertz CT molecular complexity index is 745. The van der Waals surface area contributed by atoms with E-state index in [-0.39, 0.29) is 11.8 Å². The summed E-state index contributed by atoms with van der Waals surface area (Å²) in [5.74, 6) is 1.00. The first-order chi connectivity index (χ1) is 10.2. The summed E-state index contributed by atoms with van der Waals surface area (Å²) in [6, 6.07) is 17.8. The average Bonchev–Trinajstić information content (AvgIpc) is 2.53. The summed E-state index contributed by atoms with van der Waals surface area (Å²) in [5, 5.41) is 0.316. The van der Waals surface area contributed by atoms with Crippen LogP contribution in [-0.4, -0.2) is 9.97 Å². The molecule has 104 valence electrons. The van der Waals surface area contributed by atoms with Gasteiger partial charge in [-0.1, -0.05) is 54.1 Å². The van der Waals surface area contributed by atoms with Crippen LogP contribution in [0.25, 0.3) is 11.1 Å². The number of anilines is 1. The van der Waals surface area contributed by atoms with Crippen LogP contribution in [0.5, 0.6) is 11.6 Å². The zero-order chi connectivity index (χ0) is 14.7. The van der Waals surface area contributed by atoms with Crippen molar-refractivity contribution in [2.75, 3.05) is 5.73 Å². The molecule has 0 atom stereocenters. The van der Waals surface area contributed by atoms with Crippen molar-refractivity contribution in [3.8, 4) is 22.8 Å². The summed E-state index contributed by atoms with van der Waals surface area (Å²) in [4.78, 5) is 7.75. The Morgan fingerprint density at radius 2 is 1.57 bits per heavy atom. The minimum atomic E-state index is 0.121. The zero-order valence-electron chi connectivity index (χ0n) is 11.0. The molecule has 2 aromatic carbocycles. The lowest BCUT2D eigenvalue weighted by molar-refractivity contribution is 0.463. The molecule has 0 aliphatic rings. The number of benzene rings is 2. The second-order valence-corrected chi connectivity index (χ2v) is 4.78. The lowest BCUT2D eigenvalue weighted by atomic mass is 10.1. The van der Waals surface area contributed by atoms with Gasteiger partial charge in [-0.2, -0.15) is 4.98 Å². The molecule has 0 saturated carbocycles. The molecule has 4 nitrogen and oxygen atoms in total. The largest absolute Gasteiger partial charge is 0.437 e. The molecule has 0 aliphatic heterocycles. The van der Waals surface area contributed by atoms with Gasteiger partial charge in [0.2, 0.25) is 11.8 Å². The molecular formula is C16H12ClN3O. The normalized spacial score (nSPS) is 10.3. The first-order valence-electron chi connectivity index (χ1n) is 6.34. The van der Waals surface area contributed by atoms with Crippen molar-refractivity contribution in [2.45, 2.75) is 0 Å². The maximum Gasteiger partial charge on any atom is 0.243 e. The van der Waals surface area contributed by atoms with E-state index in [1.54, 1.807) is 0 Å². The number of rotatable bonds is 3. The van der Waals surface area contributed by atoms with Crippen molar-refractivity contribution in [3.05, 3.63) is 65.8 Å². The van der Waals surface area contributed by atoms with Crippen LogP contribution in [0.2, 0.25) is 5.02 Å². The maximum absolute atomic E-state index is 5.97. The number of hydrogen-bond acceptors (Lipinski definition) is 4. The number of ether oxygens (including phenoxy) is 1. The van der Waals surface area contributed by atoms with Gasteiger partial charge >= 0.3 is 0 Å². The van der Waals surface area contributed by atoms with Crippen molar-refractivity contribution >= 4 is 17.5 Å². The quantitative estimate of drug-likeness (QED) is 0.788. The Morgan fingerprint density at radius 1 is 0.905 bits per heavy atom. The molecule has 0 bridgehead atoms. The molecular weight excluding hydrogens is 286 g/mol. The number of hydrogen-bond donors (Lipinski definition) is 1. The number of nitrogens with zero attached hydrogens (tertiary/aromatic N) is 2. The average molecular weight is 298 g/mol. The minimum Gasteiger partial charge on any atom is -0.437 e. The topological polar surface area (TPSA) is 61.0 Å². The van der Waals surface area contributed by atoms with Crippen molar-refractivity contribution in [1.29, 1.82) is 0 Å². The molecule has 0 amide bonds. The third-order valence-electron chi connectivity index (χ3n) is 2.91. The lowest BCUT2D eigenvalue weighted by Gasteiger charge is -2.07. The number of nitrogens with two attached hydrogens (primary N) is 1. The van der Waals surface area contributed by atoms with Gasteiger partial charge in [-0.15, -0.1) is 0 Å². The SMILES string of the molecule is Nc1ncc(Cl)c(Oc2ccc(-c3ccccc3)cc2)n1. The van der Waals surface area contributed by atoms with Gasteiger partial charge in [-0.3, -0.25) is 0 Å². The fourth-order valence-electron chi connectivity index (χ4n) is 1.89. The van der Waals surface area contributed by atoms with Gasteiger partial charge < -0.3 is 10.5 Å². The first kappa shape index (κ1) is 13.4. The Labute approximate surface area is 127 Å². The van der Waals surface area contributed by atoms with Gasteiger partial charge in [-0.25, -0.2) is 4.98 Å². The second kappa shape index (κ2) is 5.81. The van der Waals surface area contributed by atoms with E-state index >= 15 is 0 Å². The highest BCUT2D eigenvalue weighted by molar-refractivity contribution is 6.31. The van der Waals surface area contributed by atoms with Crippen molar-refractivity contribution in [2.24, 2.45) is 0 Å². The zero-order valence-corrected chi connectivity index (χ0v) is 11.8. The van der Waals surface area contributed by atoms with Crippen LogP contribution in [0, 0.1) is 0 Å². The van der Waals surface area contributed by atoms with Crippen LogP contribution in [0.15, 0.2) is 60.8 Å². The predicted octanol–water partition coefficient (Wildman–Crippen LogP) is 4.17. The van der Waals surface area contributed by atoms with Crippen LogP contribution in [0.1, 0.15) is 0 Å². The van der Waals surface area contributed by atoms with E-state index < -0.39 is 0 Å². The van der Waals surface area contributed by atoms with Gasteiger partial charge in [0.25, 0.3) is 0 Å². The smallest absolute Gasteiger partial charge is 0.243 e. The molecule has 21 heavy (non-hydrogen) atoms.